The van der Waals surface area contributed by atoms with Crippen molar-refractivity contribution in [1.29, 1.82) is 0 Å². The van der Waals surface area contributed by atoms with E-state index in [0.717, 1.165) is 12.2 Å². The van der Waals surface area contributed by atoms with Crippen molar-refractivity contribution < 1.29 is 13.9 Å². The van der Waals surface area contributed by atoms with E-state index in [0.29, 0.717) is 43.2 Å². The summed E-state index contributed by atoms with van der Waals surface area (Å²) in [6.07, 6.45) is 2.91. The van der Waals surface area contributed by atoms with E-state index in [1.165, 1.54) is 18.5 Å². The van der Waals surface area contributed by atoms with Crippen LogP contribution in [0.2, 0.25) is 0 Å². The first-order valence-electron chi connectivity index (χ1n) is 9.28. The molecule has 0 N–H and O–H groups in total. The van der Waals surface area contributed by atoms with Gasteiger partial charge in [-0.15, -0.1) is 0 Å². The summed E-state index contributed by atoms with van der Waals surface area (Å²) in [6, 6.07) is 6.27. The summed E-state index contributed by atoms with van der Waals surface area (Å²) < 4.78 is 19.1. The van der Waals surface area contributed by atoms with Gasteiger partial charge in [-0.2, -0.15) is 0 Å². The average molecular weight is 372 g/mol. The molecule has 0 saturated carbocycles. The maximum absolute atomic E-state index is 13.3. The smallest absolute Gasteiger partial charge is 0.224 e. The van der Waals surface area contributed by atoms with Crippen LogP contribution < -0.4 is 9.64 Å². The number of amides is 1. The molecule has 2 heterocycles. The summed E-state index contributed by atoms with van der Waals surface area (Å²) in [7, 11) is 0. The molecule has 1 saturated heterocycles. The Balaban J connectivity index is 1.70. The fourth-order valence-corrected chi connectivity index (χ4v) is 3.29. The first-order chi connectivity index (χ1) is 13.0. The van der Waals surface area contributed by atoms with Crippen molar-refractivity contribution in [3.63, 3.8) is 0 Å². The quantitative estimate of drug-likeness (QED) is 0.803. The number of hydrogen-bond acceptors (Lipinski definition) is 5. The Labute approximate surface area is 159 Å². The minimum absolute atomic E-state index is 0.122. The number of hydrogen-bond donors (Lipinski definition) is 0. The molecule has 0 radical (unpaired) electrons. The van der Waals surface area contributed by atoms with E-state index in [9.17, 15) is 9.18 Å². The molecule has 1 aromatic carbocycles. The molecule has 144 valence electrons. The van der Waals surface area contributed by atoms with Gasteiger partial charge in [-0.1, -0.05) is 6.92 Å². The molecular weight excluding hydrogens is 347 g/mol. The van der Waals surface area contributed by atoms with Crippen molar-refractivity contribution in [3.05, 3.63) is 42.0 Å². The van der Waals surface area contributed by atoms with E-state index in [-0.39, 0.29) is 17.8 Å². The highest BCUT2D eigenvalue weighted by molar-refractivity contribution is 5.76. The highest BCUT2D eigenvalue weighted by Gasteiger charge is 2.27. The minimum Gasteiger partial charge on any atom is -0.439 e. The predicted octanol–water partition coefficient (Wildman–Crippen LogP) is 3.55. The number of aryl methyl sites for hydroxylation is 1. The molecule has 1 aliphatic rings. The van der Waals surface area contributed by atoms with Gasteiger partial charge in [0, 0.05) is 38.2 Å². The zero-order chi connectivity index (χ0) is 19.4. The first kappa shape index (κ1) is 19.1. The van der Waals surface area contributed by atoms with Gasteiger partial charge in [-0.3, -0.25) is 4.79 Å². The van der Waals surface area contributed by atoms with Gasteiger partial charge in [0.25, 0.3) is 0 Å². The van der Waals surface area contributed by atoms with Gasteiger partial charge in [0.15, 0.2) is 0 Å². The van der Waals surface area contributed by atoms with Crippen LogP contribution in [0.5, 0.6) is 11.6 Å². The molecule has 1 atom stereocenters. The Morgan fingerprint density at radius 2 is 2.11 bits per heavy atom. The van der Waals surface area contributed by atoms with Crippen LogP contribution in [0.4, 0.5) is 10.2 Å². The standard InChI is InChI=1S/C20H25FN4O2/c1-4-5-20(26)25-9-8-24(12-15(25)3)18-11-19(23-13-22-18)27-17-7-6-16(21)10-14(17)2/h6-7,10-11,13,15H,4-5,8-9,12H2,1-3H3. The first-order valence-corrected chi connectivity index (χ1v) is 9.28. The number of carbonyl (C=O) groups is 1. The minimum atomic E-state index is -0.298. The van der Waals surface area contributed by atoms with E-state index in [2.05, 4.69) is 21.8 Å². The van der Waals surface area contributed by atoms with E-state index < -0.39 is 0 Å². The lowest BCUT2D eigenvalue weighted by atomic mass is 10.1. The number of carbonyl (C=O) groups excluding carboxylic acids is 1. The monoisotopic (exact) mass is 372 g/mol. The predicted molar refractivity (Wildman–Crippen MR) is 102 cm³/mol. The zero-order valence-electron chi connectivity index (χ0n) is 16.0. The Kier molecular flexibility index (Phi) is 5.88. The van der Waals surface area contributed by atoms with Gasteiger partial charge in [0.05, 0.1) is 0 Å². The molecule has 27 heavy (non-hydrogen) atoms. The molecule has 0 bridgehead atoms. The molecule has 7 heteroatoms. The summed E-state index contributed by atoms with van der Waals surface area (Å²) in [5.41, 5.74) is 0.701. The molecule has 0 aliphatic carbocycles. The average Bonchev–Trinajstić information content (AvgIpc) is 2.64. The van der Waals surface area contributed by atoms with E-state index in [1.807, 2.05) is 11.8 Å². The lowest BCUT2D eigenvalue weighted by Crippen LogP contribution is -2.54. The van der Waals surface area contributed by atoms with Crippen LogP contribution in [0.15, 0.2) is 30.6 Å². The number of nitrogens with zero attached hydrogens (tertiary/aromatic N) is 4. The third-order valence-corrected chi connectivity index (χ3v) is 4.71. The number of benzene rings is 1. The molecule has 1 amide bonds. The van der Waals surface area contributed by atoms with Crippen LogP contribution in [0.1, 0.15) is 32.3 Å². The topological polar surface area (TPSA) is 58.6 Å². The number of ether oxygens (including phenoxy) is 1. The van der Waals surface area contributed by atoms with Gasteiger partial charge in [-0.05, 0) is 44.0 Å². The second kappa shape index (κ2) is 8.33. The van der Waals surface area contributed by atoms with Crippen molar-refractivity contribution >= 4 is 11.7 Å². The second-order valence-corrected chi connectivity index (χ2v) is 6.86. The number of piperazine rings is 1. The molecule has 2 aromatic rings. The molecule has 1 aromatic heterocycles. The SMILES string of the molecule is CCCC(=O)N1CCN(c2cc(Oc3ccc(F)cc3C)ncn2)CC1C. The molecule has 0 spiro atoms. The van der Waals surface area contributed by atoms with E-state index in [4.69, 9.17) is 4.74 Å². The van der Waals surface area contributed by atoms with Crippen LogP contribution in [0.25, 0.3) is 0 Å². The lowest BCUT2D eigenvalue weighted by molar-refractivity contribution is -0.133. The lowest BCUT2D eigenvalue weighted by Gasteiger charge is -2.40. The third kappa shape index (κ3) is 4.53. The van der Waals surface area contributed by atoms with Gasteiger partial charge >= 0.3 is 0 Å². The molecule has 1 unspecified atom stereocenters. The summed E-state index contributed by atoms with van der Waals surface area (Å²) >= 11 is 0. The fourth-order valence-electron chi connectivity index (χ4n) is 3.29. The Bertz CT molecular complexity index is 814. The van der Waals surface area contributed by atoms with Crippen molar-refractivity contribution in [2.45, 2.75) is 39.7 Å². The third-order valence-electron chi connectivity index (χ3n) is 4.71. The highest BCUT2D eigenvalue weighted by atomic mass is 19.1. The molecule has 1 fully saturated rings. The Morgan fingerprint density at radius 1 is 1.30 bits per heavy atom. The van der Waals surface area contributed by atoms with Crippen LogP contribution in [-0.4, -0.2) is 46.5 Å². The summed E-state index contributed by atoms with van der Waals surface area (Å²) in [5, 5.41) is 0. The second-order valence-electron chi connectivity index (χ2n) is 6.86. The highest BCUT2D eigenvalue weighted by Crippen LogP contribution is 2.26. The van der Waals surface area contributed by atoms with Crippen molar-refractivity contribution in [2.75, 3.05) is 24.5 Å². The van der Waals surface area contributed by atoms with Gasteiger partial charge in [0.2, 0.25) is 11.8 Å². The maximum Gasteiger partial charge on any atom is 0.224 e. The van der Waals surface area contributed by atoms with Gasteiger partial charge < -0.3 is 14.5 Å². The van der Waals surface area contributed by atoms with Crippen LogP contribution in [0.3, 0.4) is 0 Å². The summed E-state index contributed by atoms with van der Waals surface area (Å²) in [4.78, 5) is 24.8. The normalized spacial score (nSPS) is 17.1. The zero-order valence-corrected chi connectivity index (χ0v) is 16.0. The number of aromatic nitrogens is 2. The molecule has 6 nitrogen and oxygen atoms in total. The summed E-state index contributed by atoms with van der Waals surface area (Å²) in [6.45, 7) is 7.96. The van der Waals surface area contributed by atoms with Crippen molar-refractivity contribution in [3.8, 4) is 11.6 Å². The Hall–Kier alpha value is -2.70. The Morgan fingerprint density at radius 3 is 2.81 bits per heavy atom. The molecule has 3 rings (SSSR count). The fraction of sp³-hybridized carbons (Fsp3) is 0.450. The van der Waals surface area contributed by atoms with Crippen LogP contribution >= 0.6 is 0 Å². The van der Waals surface area contributed by atoms with Gasteiger partial charge in [0.1, 0.15) is 23.7 Å². The molecular formula is C20H25FN4O2. The largest absolute Gasteiger partial charge is 0.439 e. The van der Waals surface area contributed by atoms with Crippen molar-refractivity contribution in [1.82, 2.24) is 14.9 Å². The number of halogens is 1. The van der Waals surface area contributed by atoms with E-state index in [1.54, 1.807) is 19.1 Å². The summed E-state index contributed by atoms with van der Waals surface area (Å²) in [5.74, 6) is 1.64. The number of rotatable bonds is 5. The van der Waals surface area contributed by atoms with Gasteiger partial charge in [-0.25, -0.2) is 14.4 Å². The van der Waals surface area contributed by atoms with E-state index >= 15 is 0 Å². The molecule has 1 aliphatic heterocycles. The van der Waals surface area contributed by atoms with Crippen LogP contribution in [-0.2, 0) is 4.79 Å². The van der Waals surface area contributed by atoms with Crippen molar-refractivity contribution in [2.24, 2.45) is 0 Å². The number of anilines is 1. The van der Waals surface area contributed by atoms with Crippen LogP contribution in [0, 0.1) is 12.7 Å². The maximum atomic E-state index is 13.3.